The van der Waals surface area contributed by atoms with Crippen LogP contribution in [0.2, 0.25) is 0 Å². The first-order chi connectivity index (χ1) is 20.0. The first-order valence-electron chi connectivity index (χ1n) is 13.1. The molecule has 0 aliphatic carbocycles. The summed E-state index contributed by atoms with van der Waals surface area (Å²) in [6.45, 7) is 8.21. The van der Waals surface area contributed by atoms with E-state index in [0.29, 0.717) is 36.5 Å². The van der Waals surface area contributed by atoms with Crippen LogP contribution in [0.15, 0.2) is 91.6 Å². The molecule has 0 spiro atoms. The van der Waals surface area contributed by atoms with Gasteiger partial charge in [0.1, 0.15) is 6.04 Å². The molecule has 0 radical (unpaired) electrons. The van der Waals surface area contributed by atoms with E-state index in [4.69, 9.17) is 6.57 Å². The minimum Gasteiger partial charge on any atom is -0.480 e. The maximum absolute atomic E-state index is 13.6. The van der Waals surface area contributed by atoms with Crippen molar-refractivity contribution in [2.75, 3.05) is 12.0 Å². The van der Waals surface area contributed by atoms with Crippen LogP contribution in [0.25, 0.3) is 26.7 Å². The monoisotopic (exact) mass is 563 g/mol. The second kappa shape index (κ2) is 12.6. The summed E-state index contributed by atoms with van der Waals surface area (Å²) in [5.74, 6) is -0.848. The van der Waals surface area contributed by atoms with Crippen LogP contribution >= 0.6 is 11.8 Å². The van der Waals surface area contributed by atoms with Gasteiger partial charge in [0.15, 0.2) is 5.69 Å². The summed E-state index contributed by atoms with van der Waals surface area (Å²) in [7, 11) is 0. The molecule has 206 valence electrons. The Morgan fingerprint density at radius 3 is 2.56 bits per heavy atom. The van der Waals surface area contributed by atoms with Gasteiger partial charge in [-0.05, 0) is 40.3 Å². The Balaban J connectivity index is 1.50. The number of hydrogen-bond acceptors (Lipinski definition) is 4. The Morgan fingerprint density at radius 1 is 1.02 bits per heavy atom. The highest BCUT2D eigenvalue weighted by Gasteiger charge is 2.24. The van der Waals surface area contributed by atoms with Gasteiger partial charge in [0.2, 0.25) is 0 Å². The standard InChI is InChI=1S/C32H29N5O3S/c1-33-24-12-10-22(11-13-24)17-37-21-34-16-25(37)18-36-19-28(27-9-5-7-23-6-3-4-8-26(23)27)29(20-36)31(38)35-30(32(39)40)14-15-41-2/h3-13,16,19-21,30H,14-15,17-18H2,2H3,(H,35,38)(H,39,40). The molecule has 0 saturated carbocycles. The van der Waals surface area contributed by atoms with E-state index >= 15 is 0 Å². The van der Waals surface area contributed by atoms with Crippen molar-refractivity contribution in [3.8, 4) is 11.1 Å². The zero-order valence-corrected chi connectivity index (χ0v) is 23.3. The van der Waals surface area contributed by atoms with Crippen molar-refractivity contribution in [1.29, 1.82) is 0 Å². The summed E-state index contributed by atoms with van der Waals surface area (Å²) >= 11 is 1.54. The number of rotatable bonds is 11. The van der Waals surface area contributed by atoms with Crippen molar-refractivity contribution in [2.24, 2.45) is 0 Å². The molecule has 2 heterocycles. The molecule has 3 aromatic carbocycles. The van der Waals surface area contributed by atoms with E-state index in [1.54, 1.807) is 42.6 Å². The van der Waals surface area contributed by atoms with Gasteiger partial charge in [-0.2, -0.15) is 11.8 Å². The molecule has 0 fully saturated rings. The van der Waals surface area contributed by atoms with E-state index in [-0.39, 0.29) is 0 Å². The quantitative estimate of drug-likeness (QED) is 0.190. The van der Waals surface area contributed by atoms with Crippen LogP contribution in [-0.2, 0) is 17.9 Å². The fourth-order valence-electron chi connectivity index (χ4n) is 4.87. The van der Waals surface area contributed by atoms with Crippen molar-refractivity contribution in [2.45, 2.75) is 25.6 Å². The Morgan fingerprint density at radius 2 is 1.80 bits per heavy atom. The lowest BCUT2D eigenvalue weighted by Crippen LogP contribution is -2.41. The van der Waals surface area contributed by atoms with E-state index in [0.717, 1.165) is 33.2 Å². The zero-order chi connectivity index (χ0) is 28.8. The van der Waals surface area contributed by atoms with Crippen molar-refractivity contribution in [3.63, 3.8) is 0 Å². The number of imidazole rings is 1. The number of aromatic nitrogens is 3. The Hall–Kier alpha value is -4.81. The number of carboxylic acids is 1. The van der Waals surface area contributed by atoms with Crippen LogP contribution in [0.3, 0.4) is 0 Å². The van der Waals surface area contributed by atoms with Crippen LogP contribution in [-0.4, -0.2) is 49.2 Å². The maximum atomic E-state index is 13.6. The van der Waals surface area contributed by atoms with Gasteiger partial charge in [0.25, 0.3) is 5.91 Å². The number of nitrogens with one attached hydrogen (secondary N) is 1. The Bertz CT molecular complexity index is 1730. The predicted molar refractivity (Wildman–Crippen MR) is 162 cm³/mol. The van der Waals surface area contributed by atoms with Crippen LogP contribution in [0.1, 0.15) is 28.0 Å². The normalized spacial score (nSPS) is 11.7. The molecular weight excluding hydrogens is 534 g/mol. The predicted octanol–water partition coefficient (Wildman–Crippen LogP) is 6.09. The summed E-state index contributed by atoms with van der Waals surface area (Å²) in [5, 5.41) is 14.5. The molecular formula is C32H29N5O3S. The average molecular weight is 564 g/mol. The third-order valence-corrected chi connectivity index (χ3v) is 7.62. The first-order valence-corrected chi connectivity index (χ1v) is 14.5. The molecule has 9 heteroatoms. The summed E-state index contributed by atoms with van der Waals surface area (Å²) in [4.78, 5) is 33.3. The maximum Gasteiger partial charge on any atom is 0.326 e. The summed E-state index contributed by atoms with van der Waals surface area (Å²) in [6.07, 6.45) is 9.53. The number of amides is 1. The van der Waals surface area contributed by atoms with Gasteiger partial charge in [-0.1, -0.05) is 66.7 Å². The number of carboxylic acid groups (broad SMARTS) is 1. The van der Waals surface area contributed by atoms with Gasteiger partial charge in [-0.15, -0.1) is 0 Å². The van der Waals surface area contributed by atoms with Gasteiger partial charge in [0.05, 0.1) is 30.7 Å². The molecule has 0 aliphatic rings. The highest BCUT2D eigenvalue weighted by Crippen LogP contribution is 2.32. The van der Waals surface area contributed by atoms with Gasteiger partial charge >= 0.3 is 5.97 Å². The molecule has 2 aromatic heterocycles. The van der Waals surface area contributed by atoms with Gasteiger partial charge in [-0.3, -0.25) is 4.79 Å². The van der Waals surface area contributed by atoms with Gasteiger partial charge in [-0.25, -0.2) is 14.6 Å². The number of carbonyl (C=O) groups excluding carboxylic acids is 1. The van der Waals surface area contributed by atoms with Gasteiger partial charge in [0, 0.05) is 30.7 Å². The molecule has 0 saturated heterocycles. The minimum absolute atomic E-state index is 0.336. The zero-order valence-electron chi connectivity index (χ0n) is 22.5. The third-order valence-electron chi connectivity index (χ3n) is 6.98. The van der Waals surface area contributed by atoms with Crippen LogP contribution in [0.5, 0.6) is 0 Å². The molecule has 1 atom stereocenters. The molecule has 8 nitrogen and oxygen atoms in total. The minimum atomic E-state index is -1.05. The number of carbonyl (C=O) groups is 2. The van der Waals surface area contributed by atoms with E-state index in [1.807, 2.05) is 76.2 Å². The Labute approximate surface area is 242 Å². The number of thioether (sulfide) groups is 1. The van der Waals surface area contributed by atoms with E-state index in [9.17, 15) is 14.7 Å². The number of nitrogens with zero attached hydrogens (tertiary/aromatic N) is 4. The number of fused-ring (bicyclic) bond motifs is 1. The average Bonchev–Trinajstić information content (AvgIpc) is 3.62. The fraction of sp³-hybridized carbons (Fsp3) is 0.188. The fourth-order valence-corrected chi connectivity index (χ4v) is 5.34. The summed E-state index contributed by atoms with van der Waals surface area (Å²) in [5.41, 5.74) is 4.63. The molecule has 5 rings (SSSR count). The molecule has 5 aromatic rings. The van der Waals surface area contributed by atoms with Crippen LogP contribution in [0.4, 0.5) is 5.69 Å². The van der Waals surface area contributed by atoms with E-state index < -0.39 is 17.9 Å². The molecule has 0 aliphatic heterocycles. The van der Waals surface area contributed by atoms with Crippen LogP contribution < -0.4 is 5.32 Å². The number of benzene rings is 3. The number of hydrogen-bond donors (Lipinski definition) is 2. The first kappa shape index (κ1) is 27.7. The largest absolute Gasteiger partial charge is 0.480 e. The SMILES string of the molecule is [C-]#[N+]c1ccc(Cn2cncc2Cn2cc(C(=O)NC(CCSC)C(=O)O)c(-c3cccc4ccccc34)c2)cc1. The Kier molecular flexibility index (Phi) is 8.51. The number of aliphatic carboxylic acids is 1. The smallest absolute Gasteiger partial charge is 0.326 e. The highest BCUT2D eigenvalue weighted by atomic mass is 32.2. The summed E-state index contributed by atoms with van der Waals surface area (Å²) in [6, 6.07) is 20.5. The molecule has 41 heavy (non-hydrogen) atoms. The van der Waals surface area contributed by atoms with Gasteiger partial charge < -0.3 is 19.6 Å². The highest BCUT2D eigenvalue weighted by molar-refractivity contribution is 7.98. The lowest BCUT2D eigenvalue weighted by atomic mass is 9.97. The lowest BCUT2D eigenvalue weighted by Gasteiger charge is -2.14. The van der Waals surface area contributed by atoms with E-state index in [1.165, 1.54) is 0 Å². The summed E-state index contributed by atoms with van der Waals surface area (Å²) < 4.78 is 3.98. The second-order valence-corrected chi connectivity index (χ2v) is 10.7. The van der Waals surface area contributed by atoms with Crippen LogP contribution in [0, 0.1) is 6.57 Å². The van der Waals surface area contributed by atoms with Crippen molar-refractivity contribution < 1.29 is 14.7 Å². The molecule has 0 bridgehead atoms. The van der Waals surface area contributed by atoms with Crippen molar-refractivity contribution in [1.82, 2.24) is 19.4 Å². The molecule has 1 amide bonds. The van der Waals surface area contributed by atoms with E-state index in [2.05, 4.69) is 15.1 Å². The lowest BCUT2D eigenvalue weighted by molar-refractivity contribution is -0.139. The van der Waals surface area contributed by atoms with Crippen molar-refractivity contribution >= 4 is 40.1 Å². The molecule has 1 unspecified atom stereocenters. The third kappa shape index (κ3) is 6.34. The molecule has 2 N–H and O–H groups in total. The second-order valence-electron chi connectivity index (χ2n) is 9.72. The topological polar surface area (TPSA) is 93.5 Å². The van der Waals surface area contributed by atoms with Crippen molar-refractivity contribution in [3.05, 3.63) is 120 Å².